The van der Waals surface area contributed by atoms with Crippen LogP contribution in [-0.2, 0) is 25.5 Å². The van der Waals surface area contributed by atoms with Gasteiger partial charge in [-0.1, -0.05) is 78.9 Å². The number of hydrogen-bond acceptors (Lipinski definition) is 5. The Morgan fingerprint density at radius 1 is 0.861 bits per heavy atom. The molecule has 2 aliphatic heterocycles. The number of aromatic amines is 1. The smallest absolute Gasteiger partial charge is 0.326 e. The Kier molecular flexibility index (Phi) is 5.41. The predicted molar refractivity (Wildman–Crippen MR) is 136 cm³/mol. The van der Waals surface area contributed by atoms with Crippen LogP contribution in [0, 0.1) is 5.92 Å². The van der Waals surface area contributed by atoms with Crippen LogP contribution < -0.4 is 0 Å². The molecule has 182 valence electrons. The van der Waals surface area contributed by atoms with Gasteiger partial charge in [0, 0.05) is 23.0 Å². The van der Waals surface area contributed by atoms with Crippen molar-refractivity contribution in [2.24, 2.45) is 5.92 Å². The molecular weight excluding hydrogens is 452 g/mol. The number of carbonyl (C=O) groups is 2. The number of ether oxygens (including phenoxy) is 2. The number of para-hydroxylation sites is 1. The van der Waals surface area contributed by atoms with Gasteiger partial charge in [0.15, 0.2) is 0 Å². The number of rotatable bonds is 4. The number of esters is 2. The number of benzene rings is 3. The minimum atomic E-state index is -1.04. The van der Waals surface area contributed by atoms with E-state index in [0.29, 0.717) is 12.8 Å². The minimum absolute atomic E-state index is 0.290. The molecule has 4 atom stereocenters. The summed E-state index contributed by atoms with van der Waals surface area (Å²) < 4.78 is 10.8. The van der Waals surface area contributed by atoms with E-state index in [0.717, 1.165) is 33.3 Å². The Balaban J connectivity index is 1.67. The van der Waals surface area contributed by atoms with Crippen molar-refractivity contribution in [1.82, 2.24) is 9.88 Å². The molecule has 4 aromatic rings. The monoisotopic (exact) mass is 480 g/mol. The number of H-pyrrole nitrogens is 1. The van der Waals surface area contributed by atoms with Gasteiger partial charge >= 0.3 is 11.9 Å². The molecule has 1 unspecified atom stereocenters. The highest BCUT2D eigenvalue weighted by molar-refractivity contribution is 5.90. The molecule has 3 aromatic carbocycles. The highest BCUT2D eigenvalue weighted by Crippen LogP contribution is 2.58. The van der Waals surface area contributed by atoms with Crippen LogP contribution in [0.5, 0.6) is 0 Å². The summed E-state index contributed by atoms with van der Waals surface area (Å²) in [5, 5.41) is 1.09. The summed E-state index contributed by atoms with van der Waals surface area (Å²) in [4.78, 5) is 33.0. The number of aromatic nitrogens is 1. The van der Waals surface area contributed by atoms with E-state index in [2.05, 4.69) is 34.1 Å². The Morgan fingerprint density at radius 3 is 2.17 bits per heavy atom. The van der Waals surface area contributed by atoms with E-state index < -0.39 is 11.5 Å². The molecule has 1 N–H and O–H groups in total. The van der Waals surface area contributed by atoms with Crippen LogP contribution in [0.3, 0.4) is 0 Å². The summed E-state index contributed by atoms with van der Waals surface area (Å²) in [5.41, 5.74) is 4.16. The minimum Gasteiger partial charge on any atom is -0.469 e. The van der Waals surface area contributed by atoms with Gasteiger partial charge < -0.3 is 14.5 Å². The summed E-state index contributed by atoms with van der Waals surface area (Å²) in [6.07, 6.45) is 0.757. The van der Waals surface area contributed by atoms with Crippen LogP contribution in [0.4, 0.5) is 0 Å². The van der Waals surface area contributed by atoms with Crippen molar-refractivity contribution in [3.8, 4) is 0 Å². The van der Waals surface area contributed by atoms with Crippen molar-refractivity contribution in [3.05, 3.63) is 107 Å². The molecule has 0 spiro atoms. The molecule has 6 heteroatoms. The van der Waals surface area contributed by atoms with Gasteiger partial charge in [-0.05, 0) is 29.2 Å². The topological polar surface area (TPSA) is 71.6 Å². The lowest BCUT2D eigenvalue weighted by Gasteiger charge is -2.47. The van der Waals surface area contributed by atoms with Crippen LogP contribution in [0.1, 0.15) is 40.9 Å². The Morgan fingerprint density at radius 2 is 1.50 bits per heavy atom. The van der Waals surface area contributed by atoms with E-state index in [4.69, 9.17) is 9.47 Å². The normalized spacial score (nSPS) is 25.2. The number of nitrogens with zero attached hydrogens (tertiary/aromatic N) is 1. The van der Waals surface area contributed by atoms with Gasteiger partial charge in [0.2, 0.25) is 0 Å². The molecule has 1 saturated heterocycles. The summed E-state index contributed by atoms with van der Waals surface area (Å²) in [5.74, 6) is -1.17. The van der Waals surface area contributed by atoms with Crippen LogP contribution in [0.2, 0.25) is 0 Å². The Bertz CT molecular complexity index is 1430. The van der Waals surface area contributed by atoms with Crippen molar-refractivity contribution in [1.29, 1.82) is 0 Å². The lowest BCUT2D eigenvalue weighted by Crippen LogP contribution is -2.57. The lowest BCUT2D eigenvalue weighted by atomic mass is 9.78. The van der Waals surface area contributed by atoms with Crippen LogP contribution >= 0.6 is 0 Å². The standard InChI is InChI=1S/C30H28N2O4/c1-35-28(33)23-18-30(29(34)36-2)17-22-21-15-9-10-16-24(21)31-25(22)27(20-13-7-4-8-14-20)32(30)26(23)19-11-5-3-6-12-19/h3-16,23,26-27,31H,17-18H2,1-2H3/t23-,26-,27?,30-/m1/s1. The summed E-state index contributed by atoms with van der Waals surface area (Å²) >= 11 is 0. The fourth-order valence-electron chi connectivity index (χ4n) is 6.51. The van der Waals surface area contributed by atoms with Crippen molar-refractivity contribution in [3.63, 3.8) is 0 Å². The maximum atomic E-state index is 13.8. The first-order valence-electron chi connectivity index (χ1n) is 12.2. The first-order valence-corrected chi connectivity index (χ1v) is 12.2. The molecule has 0 aliphatic carbocycles. The molecule has 6 nitrogen and oxygen atoms in total. The molecule has 0 amide bonds. The third kappa shape index (κ3) is 3.21. The van der Waals surface area contributed by atoms with Crippen LogP contribution in [0.25, 0.3) is 10.9 Å². The Hall–Kier alpha value is -3.90. The molecule has 3 heterocycles. The lowest BCUT2D eigenvalue weighted by molar-refractivity contribution is -0.156. The number of hydrogen-bond donors (Lipinski definition) is 1. The molecule has 6 rings (SSSR count). The van der Waals surface area contributed by atoms with Gasteiger partial charge in [0.25, 0.3) is 0 Å². The van der Waals surface area contributed by atoms with Gasteiger partial charge in [-0.2, -0.15) is 0 Å². The van der Waals surface area contributed by atoms with E-state index in [9.17, 15) is 9.59 Å². The van der Waals surface area contributed by atoms with Crippen LogP contribution in [0.15, 0.2) is 84.9 Å². The molecule has 36 heavy (non-hydrogen) atoms. The zero-order chi connectivity index (χ0) is 24.9. The summed E-state index contributed by atoms with van der Waals surface area (Å²) in [6, 6.07) is 27.7. The largest absolute Gasteiger partial charge is 0.469 e. The SMILES string of the molecule is COC(=O)[C@@H]1C[C@@]2(C(=O)OC)Cc3c([nH]c4ccccc34)C(c3ccccc3)N2[C@@H]1c1ccccc1. The van der Waals surface area contributed by atoms with Gasteiger partial charge in [-0.15, -0.1) is 0 Å². The fraction of sp³-hybridized carbons (Fsp3) is 0.267. The maximum absolute atomic E-state index is 13.8. The second-order valence-electron chi connectivity index (χ2n) is 9.67. The van der Waals surface area contributed by atoms with Crippen molar-refractivity contribution in [2.45, 2.75) is 30.5 Å². The van der Waals surface area contributed by atoms with E-state index in [1.54, 1.807) is 0 Å². The molecule has 1 aromatic heterocycles. The van der Waals surface area contributed by atoms with Gasteiger partial charge in [-0.3, -0.25) is 14.5 Å². The fourth-order valence-corrected chi connectivity index (χ4v) is 6.51. The second kappa shape index (κ2) is 8.64. The van der Waals surface area contributed by atoms with E-state index in [-0.39, 0.29) is 24.0 Å². The molecule has 0 bridgehead atoms. The molecule has 0 radical (unpaired) electrons. The number of fused-ring (bicyclic) bond motifs is 4. The first-order chi connectivity index (χ1) is 17.6. The number of carbonyl (C=O) groups excluding carboxylic acids is 2. The first kappa shape index (κ1) is 22.6. The van der Waals surface area contributed by atoms with Crippen molar-refractivity contribution >= 4 is 22.8 Å². The van der Waals surface area contributed by atoms with E-state index >= 15 is 0 Å². The highest BCUT2D eigenvalue weighted by Gasteiger charge is 2.64. The zero-order valence-electron chi connectivity index (χ0n) is 20.3. The van der Waals surface area contributed by atoms with Crippen molar-refractivity contribution in [2.75, 3.05) is 14.2 Å². The molecule has 1 fully saturated rings. The van der Waals surface area contributed by atoms with Gasteiger partial charge in [0.1, 0.15) is 5.54 Å². The molecule has 0 saturated carbocycles. The molecule has 2 aliphatic rings. The Labute approximate surface area is 209 Å². The predicted octanol–water partition coefficient (Wildman–Crippen LogP) is 4.96. The summed E-state index contributed by atoms with van der Waals surface area (Å²) in [7, 11) is 2.84. The third-order valence-electron chi connectivity index (χ3n) is 7.93. The quantitative estimate of drug-likeness (QED) is 0.418. The van der Waals surface area contributed by atoms with E-state index in [1.165, 1.54) is 14.2 Å². The van der Waals surface area contributed by atoms with Crippen molar-refractivity contribution < 1.29 is 19.1 Å². The number of methoxy groups -OCH3 is 2. The molecular formula is C30H28N2O4. The summed E-state index contributed by atoms with van der Waals surface area (Å²) in [6.45, 7) is 0. The van der Waals surface area contributed by atoms with Gasteiger partial charge in [0.05, 0.1) is 32.2 Å². The second-order valence-corrected chi connectivity index (χ2v) is 9.67. The zero-order valence-corrected chi connectivity index (χ0v) is 20.3. The maximum Gasteiger partial charge on any atom is 0.326 e. The average molecular weight is 481 g/mol. The van der Waals surface area contributed by atoms with Gasteiger partial charge in [-0.25, -0.2) is 0 Å². The highest BCUT2D eigenvalue weighted by atomic mass is 16.5. The van der Waals surface area contributed by atoms with Crippen LogP contribution in [-0.4, -0.2) is 41.6 Å². The third-order valence-corrected chi connectivity index (χ3v) is 7.93. The number of nitrogens with one attached hydrogen (secondary N) is 1. The van der Waals surface area contributed by atoms with E-state index in [1.807, 2.05) is 60.7 Å². The average Bonchev–Trinajstić information content (AvgIpc) is 3.48.